The van der Waals surface area contributed by atoms with Gasteiger partial charge in [-0.05, 0) is 11.1 Å². The highest BCUT2D eigenvalue weighted by molar-refractivity contribution is 5.69. The molecule has 0 saturated carbocycles. The Labute approximate surface area is 134 Å². The van der Waals surface area contributed by atoms with Crippen molar-refractivity contribution in [2.24, 2.45) is 0 Å². The Morgan fingerprint density at radius 3 is 2.39 bits per heavy atom. The molecule has 1 aliphatic heterocycles. The summed E-state index contributed by atoms with van der Waals surface area (Å²) in [6.45, 7) is 0.511. The van der Waals surface area contributed by atoms with Gasteiger partial charge in [0.2, 0.25) is 0 Å². The van der Waals surface area contributed by atoms with Crippen molar-refractivity contribution in [3.63, 3.8) is 0 Å². The molecular formula is C18H19NO4. The van der Waals surface area contributed by atoms with Crippen LogP contribution in [0.4, 0.5) is 4.79 Å². The lowest BCUT2D eigenvalue weighted by Crippen LogP contribution is -2.42. The lowest BCUT2D eigenvalue weighted by Gasteiger charge is -2.27. The van der Waals surface area contributed by atoms with E-state index in [1.54, 1.807) is 0 Å². The lowest BCUT2D eigenvalue weighted by atomic mass is 9.99. The molecule has 2 aromatic carbocycles. The molecular weight excluding hydrogens is 294 g/mol. The number of carbonyl (C=O) groups is 1. The molecule has 1 saturated heterocycles. The van der Waals surface area contributed by atoms with Gasteiger partial charge in [0.1, 0.15) is 18.8 Å². The predicted octanol–water partition coefficient (Wildman–Crippen LogP) is 2.41. The van der Waals surface area contributed by atoms with Crippen molar-refractivity contribution >= 4 is 6.09 Å². The number of aliphatic hydroxyl groups excluding tert-OH is 1. The molecule has 5 nitrogen and oxygen atoms in total. The van der Waals surface area contributed by atoms with E-state index >= 15 is 0 Å². The Hall–Kier alpha value is -2.37. The summed E-state index contributed by atoms with van der Waals surface area (Å²) in [4.78, 5) is 11.2. The van der Waals surface area contributed by atoms with E-state index in [0.717, 1.165) is 11.1 Å². The number of amides is 1. The van der Waals surface area contributed by atoms with Gasteiger partial charge in [0.05, 0.1) is 12.6 Å². The van der Waals surface area contributed by atoms with Gasteiger partial charge in [-0.25, -0.2) is 4.79 Å². The fourth-order valence-electron chi connectivity index (χ4n) is 2.59. The van der Waals surface area contributed by atoms with E-state index in [-0.39, 0.29) is 6.61 Å². The summed E-state index contributed by atoms with van der Waals surface area (Å²) in [6.07, 6.45) is -1.96. The summed E-state index contributed by atoms with van der Waals surface area (Å²) in [5.74, 6) is 0. The van der Waals surface area contributed by atoms with Gasteiger partial charge in [0.15, 0.2) is 0 Å². The Morgan fingerprint density at radius 2 is 1.78 bits per heavy atom. The van der Waals surface area contributed by atoms with Crippen molar-refractivity contribution in [3.8, 4) is 0 Å². The first-order chi connectivity index (χ1) is 11.2. The molecule has 0 spiro atoms. The zero-order valence-corrected chi connectivity index (χ0v) is 12.6. The Morgan fingerprint density at radius 1 is 1.13 bits per heavy atom. The minimum Gasteiger partial charge on any atom is -0.447 e. The average Bonchev–Trinajstić information content (AvgIpc) is 3.03. The third-order valence-electron chi connectivity index (χ3n) is 3.82. The van der Waals surface area contributed by atoms with E-state index in [0.29, 0.717) is 6.61 Å². The standard InChI is InChI=1S/C18H19NO4/c20-16(15-12-23-18(21)19-15)17(14-9-5-2-6-10-14)22-11-13-7-3-1-4-8-13/h1-10,15-17,20H,11-12H2,(H,19,21)/t15-,16-,17-/m1/s1. The van der Waals surface area contributed by atoms with E-state index < -0.39 is 24.3 Å². The van der Waals surface area contributed by atoms with E-state index in [2.05, 4.69) is 5.32 Å². The zero-order valence-electron chi connectivity index (χ0n) is 12.6. The molecule has 1 aliphatic rings. The fourth-order valence-corrected chi connectivity index (χ4v) is 2.59. The van der Waals surface area contributed by atoms with Crippen LogP contribution in [0.25, 0.3) is 0 Å². The number of cyclic esters (lactones) is 1. The van der Waals surface area contributed by atoms with Crippen molar-refractivity contribution in [1.29, 1.82) is 0 Å². The van der Waals surface area contributed by atoms with Crippen LogP contribution in [-0.4, -0.2) is 30.0 Å². The highest BCUT2D eigenvalue weighted by atomic mass is 16.6. The number of ether oxygens (including phenoxy) is 2. The van der Waals surface area contributed by atoms with Crippen LogP contribution in [0.5, 0.6) is 0 Å². The van der Waals surface area contributed by atoms with Crippen molar-refractivity contribution in [1.82, 2.24) is 5.32 Å². The van der Waals surface area contributed by atoms with Crippen LogP contribution in [0.2, 0.25) is 0 Å². The third kappa shape index (κ3) is 3.88. The maximum atomic E-state index is 11.2. The van der Waals surface area contributed by atoms with E-state index in [4.69, 9.17) is 9.47 Å². The molecule has 0 unspecified atom stereocenters. The van der Waals surface area contributed by atoms with Crippen molar-refractivity contribution in [3.05, 3.63) is 71.8 Å². The van der Waals surface area contributed by atoms with Gasteiger partial charge in [-0.3, -0.25) is 0 Å². The summed E-state index contributed by atoms with van der Waals surface area (Å²) in [5, 5.41) is 13.2. The molecule has 0 bridgehead atoms. The maximum absolute atomic E-state index is 11.2. The van der Waals surface area contributed by atoms with Crippen LogP contribution in [0.1, 0.15) is 17.2 Å². The largest absolute Gasteiger partial charge is 0.447 e. The Bertz CT molecular complexity index is 632. The molecule has 0 radical (unpaired) electrons. The molecule has 3 atom stereocenters. The van der Waals surface area contributed by atoms with Crippen LogP contribution in [0.3, 0.4) is 0 Å². The highest BCUT2D eigenvalue weighted by Gasteiger charge is 2.35. The SMILES string of the molecule is O=C1N[C@@H]([C@@H](O)[C@H](OCc2ccccc2)c2ccccc2)CO1. The number of hydrogen-bond donors (Lipinski definition) is 2. The molecule has 1 heterocycles. The second-order valence-electron chi connectivity index (χ2n) is 5.47. The monoisotopic (exact) mass is 313 g/mol. The molecule has 23 heavy (non-hydrogen) atoms. The first-order valence-corrected chi connectivity index (χ1v) is 7.56. The topological polar surface area (TPSA) is 67.8 Å². The lowest BCUT2D eigenvalue weighted by molar-refractivity contribution is -0.0608. The van der Waals surface area contributed by atoms with Crippen LogP contribution in [0, 0.1) is 0 Å². The van der Waals surface area contributed by atoms with Gasteiger partial charge < -0.3 is 19.9 Å². The third-order valence-corrected chi connectivity index (χ3v) is 3.82. The molecule has 120 valence electrons. The second kappa shape index (κ2) is 7.26. The normalized spacial score (nSPS) is 19.7. The van der Waals surface area contributed by atoms with Crippen LogP contribution in [-0.2, 0) is 16.1 Å². The van der Waals surface area contributed by atoms with Crippen molar-refractivity contribution in [2.75, 3.05) is 6.61 Å². The Balaban J connectivity index is 1.75. The number of aliphatic hydroxyl groups is 1. The van der Waals surface area contributed by atoms with E-state index in [9.17, 15) is 9.90 Å². The summed E-state index contributed by atoms with van der Waals surface area (Å²) >= 11 is 0. The minimum absolute atomic E-state index is 0.137. The number of hydrogen-bond acceptors (Lipinski definition) is 4. The second-order valence-corrected chi connectivity index (χ2v) is 5.47. The van der Waals surface area contributed by atoms with Crippen LogP contribution in [0.15, 0.2) is 60.7 Å². The van der Waals surface area contributed by atoms with Crippen LogP contribution < -0.4 is 5.32 Å². The van der Waals surface area contributed by atoms with E-state index in [1.807, 2.05) is 60.7 Å². The molecule has 2 aromatic rings. The Kier molecular flexibility index (Phi) is 4.90. The number of carbonyl (C=O) groups excluding carboxylic acids is 1. The molecule has 2 N–H and O–H groups in total. The first-order valence-electron chi connectivity index (χ1n) is 7.56. The van der Waals surface area contributed by atoms with Crippen molar-refractivity contribution in [2.45, 2.75) is 24.9 Å². The average molecular weight is 313 g/mol. The summed E-state index contributed by atoms with van der Waals surface area (Å²) in [5.41, 5.74) is 1.88. The molecule has 5 heteroatoms. The van der Waals surface area contributed by atoms with Gasteiger partial charge in [-0.2, -0.15) is 0 Å². The number of benzene rings is 2. The highest BCUT2D eigenvalue weighted by Crippen LogP contribution is 2.26. The predicted molar refractivity (Wildman–Crippen MR) is 84.7 cm³/mol. The number of nitrogens with one attached hydrogen (secondary N) is 1. The van der Waals surface area contributed by atoms with Gasteiger partial charge in [0.25, 0.3) is 0 Å². The smallest absolute Gasteiger partial charge is 0.407 e. The molecule has 1 fully saturated rings. The van der Waals surface area contributed by atoms with E-state index in [1.165, 1.54) is 0 Å². The van der Waals surface area contributed by atoms with Crippen molar-refractivity contribution < 1.29 is 19.4 Å². The summed E-state index contributed by atoms with van der Waals surface area (Å²) in [7, 11) is 0. The number of alkyl carbamates (subject to hydrolysis) is 1. The summed E-state index contributed by atoms with van der Waals surface area (Å²) < 4.78 is 10.8. The quantitative estimate of drug-likeness (QED) is 0.859. The minimum atomic E-state index is -0.896. The molecule has 0 aliphatic carbocycles. The fraction of sp³-hybridized carbons (Fsp3) is 0.278. The van der Waals surface area contributed by atoms with Gasteiger partial charge in [-0.1, -0.05) is 60.7 Å². The first kappa shape index (κ1) is 15.5. The molecule has 1 amide bonds. The van der Waals surface area contributed by atoms with Crippen LogP contribution >= 0.6 is 0 Å². The number of rotatable bonds is 6. The molecule has 3 rings (SSSR count). The zero-order chi connectivity index (χ0) is 16.1. The van der Waals surface area contributed by atoms with Gasteiger partial charge in [-0.15, -0.1) is 0 Å². The maximum Gasteiger partial charge on any atom is 0.407 e. The van der Waals surface area contributed by atoms with Gasteiger partial charge in [0, 0.05) is 0 Å². The summed E-state index contributed by atoms with van der Waals surface area (Å²) in [6, 6.07) is 18.8. The molecule has 0 aromatic heterocycles. The van der Waals surface area contributed by atoms with Gasteiger partial charge >= 0.3 is 6.09 Å².